The highest BCUT2D eigenvalue weighted by Crippen LogP contribution is 2.16. The third-order valence-corrected chi connectivity index (χ3v) is 3.62. The maximum absolute atomic E-state index is 12.1. The van der Waals surface area contributed by atoms with Gasteiger partial charge in [-0.05, 0) is 37.6 Å². The van der Waals surface area contributed by atoms with Crippen molar-refractivity contribution in [3.63, 3.8) is 0 Å². The third kappa shape index (κ3) is 4.28. The van der Waals surface area contributed by atoms with E-state index in [2.05, 4.69) is 31.4 Å². The fraction of sp³-hybridized carbons (Fsp3) is 0.923. The zero-order valence-electron chi connectivity index (χ0n) is 11.2. The number of piperidine rings is 1. The van der Waals surface area contributed by atoms with E-state index < -0.39 is 0 Å². The molecule has 1 amide bonds. The minimum absolute atomic E-state index is 0.0660. The Kier molecular flexibility index (Phi) is 5.92. The highest BCUT2D eigenvalue weighted by molar-refractivity contribution is 5.82. The van der Waals surface area contributed by atoms with E-state index in [0.717, 1.165) is 19.4 Å². The predicted molar refractivity (Wildman–Crippen MR) is 68.7 cm³/mol. The maximum atomic E-state index is 12.1. The molecule has 0 aliphatic carbocycles. The van der Waals surface area contributed by atoms with Gasteiger partial charge in [-0.2, -0.15) is 0 Å². The van der Waals surface area contributed by atoms with Gasteiger partial charge < -0.3 is 15.7 Å². The van der Waals surface area contributed by atoms with Gasteiger partial charge in [-0.25, -0.2) is 0 Å². The summed E-state index contributed by atoms with van der Waals surface area (Å²) in [6.45, 7) is 7.30. The van der Waals surface area contributed by atoms with E-state index in [1.54, 1.807) is 0 Å². The molecule has 0 aromatic carbocycles. The lowest BCUT2D eigenvalue weighted by atomic mass is 9.91. The molecule has 4 heteroatoms. The second-order valence-corrected chi connectivity index (χ2v) is 5.42. The lowest BCUT2D eigenvalue weighted by Gasteiger charge is -2.31. The standard InChI is InChI=1S/C13H26N2O2/c1-9(2)11(6-8-16)15-13(17)12-10(3)5-4-7-14-12/h9-12,14,16H,4-8H2,1-3H3,(H,15,17). The molecule has 0 spiro atoms. The molecule has 100 valence electrons. The number of carbonyl (C=O) groups is 1. The number of nitrogens with one attached hydrogen (secondary N) is 2. The number of rotatable bonds is 5. The van der Waals surface area contributed by atoms with Gasteiger partial charge in [-0.3, -0.25) is 4.79 Å². The van der Waals surface area contributed by atoms with Crippen molar-refractivity contribution in [2.45, 2.75) is 52.1 Å². The lowest BCUT2D eigenvalue weighted by molar-refractivity contribution is -0.126. The number of aliphatic hydroxyl groups excluding tert-OH is 1. The zero-order chi connectivity index (χ0) is 12.8. The summed E-state index contributed by atoms with van der Waals surface area (Å²) in [5.74, 6) is 0.833. The number of aliphatic hydroxyl groups is 1. The van der Waals surface area contributed by atoms with Crippen molar-refractivity contribution in [2.75, 3.05) is 13.2 Å². The molecule has 17 heavy (non-hydrogen) atoms. The average Bonchev–Trinajstić information content (AvgIpc) is 2.28. The summed E-state index contributed by atoms with van der Waals surface area (Å²) >= 11 is 0. The Bertz CT molecular complexity index is 244. The van der Waals surface area contributed by atoms with Crippen molar-refractivity contribution in [1.29, 1.82) is 0 Å². The molecule has 0 radical (unpaired) electrons. The SMILES string of the molecule is CC(C)C(CCO)NC(=O)C1NCCCC1C. The Morgan fingerprint density at radius 1 is 1.53 bits per heavy atom. The Balaban J connectivity index is 2.50. The van der Waals surface area contributed by atoms with Gasteiger partial charge in [-0.15, -0.1) is 0 Å². The molecule has 1 fully saturated rings. The number of carbonyl (C=O) groups excluding carboxylic acids is 1. The van der Waals surface area contributed by atoms with Crippen LogP contribution in [0.1, 0.15) is 40.0 Å². The first-order valence-corrected chi connectivity index (χ1v) is 6.71. The van der Waals surface area contributed by atoms with Crippen molar-refractivity contribution < 1.29 is 9.90 Å². The van der Waals surface area contributed by atoms with Crippen LogP contribution in [0.25, 0.3) is 0 Å². The van der Waals surface area contributed by atoms with Crippen LogP contribution in [0.5, 0.6) is 0 Å². The fourth-order valence-corrected chi connectivity index (χ4v) is 2.38. The van der Waals surface area contributed by atoms with Gasteiger partial charge in [0.05, 0.1) is 6.04 Å². The summed E-state index contributed by atoms with van der Waals surface area (Å²) in [6.07, 6.45) is 2.89. The maximum Gasteiger partial charge on any atom is 0.237 e. The first-order chi connectivity index (χ1) is 8.06. The van der Waals surface area contributed by atoms with Gasteiger partial charge >= 0.3 is 0 Å². The smallest absolute Gasteiger partial charge is 0.237 e. The van der Waals surface area contributed by atoms with E-state index in [0.29, 0.717) is 18.3 Å². The molecule has 1 aliphatic heterocycles. The average molecular weight is 242 g/mol. The molecule has 1 rings (SSSR count). The first kappa shape index (κ1) is 14.5. The van der Waals surface area contributed by atoms with E-state index in [1.165, 1.54) is 0 Å². The Hall–Kier alpha value is -0.610. The van der Waals surface area contributed by atoms with Crippen LogP contribution >= 0.6 is 0 Å². The van der Waals surface area contributed by atoms with E-state index in [9.17, 15) is 4.79 Å². The summed E-state index contributed by atoms with van der Waals surface area (Å²) in [5, 5.41) is 15.3. The molecule has 0 bridgehead atoms. The van der Waals surface area contributed by atoms with Crippen LogP contribution in [-0.2, 0) is 4.79 Å². The van der Waals surface area contributed by atoms with Gasteiger partial charge in [0.25, 0.3) is 0 Å². The highest BCUT2D eigenvalue weighted by atomic mass is 16.3. The number of hydrogen-bond donors (Lipinski definition) is 3. The van der Waals surface area contributed by atoms with E-state index >= 15 is 0 Å². The van der Waals surface area contributed by atoms with E-state index in [4.69, 9.17) is 5.11 Å². The van der Waals surface area contributed by atoms with Gasteiger partial charge in [0, 0.05) is 12.6 Å². The summed E-state index contributed by atoms with van der Waals surface area (Å²) in [5.41, 5.74) is 0. The fourth-order valence-electron chi connectivity index (χ4n) is 2.38. The first-order valence-electron chi connectivity index (χ1n) is 6.71. The predicted octanol–water partition coefficient (Wildman–Crippen LogP) is 0.898. The monoisotopic (exact) mass is 242 g/mol. The van der Waals surface area contributed by atoms with Crippen LogP contribution in [0.2, 0.25) is 0 Å². The topological polar surface area (TPSA) is 61.4 Å². The molecule has 1 heterocycles. The molecular formula is C13H26N2O2. The Morgan fingerprint density at radius 3 is 2.76 bits per heavy atom. The molecule has 1 aliphatic rings. The minimum atomic E-state index is -0.0660. The van der Waals surface area contributed by atoms with Gasteiger partial charge in [0.15, 0.2) is 0 Å². The molecule has 0 aromatic rings. The van der Waals surface area contributed by atoms with Crippen LogP contribution in [0.3, 0.4) is 0 Å². The number of hydrogen-bond acceptors (Lipinski definition) is 3. The molecule has 1 saturated heterocycles. The normalized spacial score (nSPS) is 26.9. The Labute approximate surface area is 104 Å². The summed E-state index contributed by atoms with van der Waals surface area (Å²) in [7, 11) is 0. The van der Waals surface area contributed by atoms with Crippen molar-refractivity contribution >= 4 is 5.91 Å². The van der Waals surface area contributed by atoms with Gasteiger partial charge in [0.1, 0.15) is 0 Å². The third-order valence-electron chi connectivity index (χ3n) is 3.62. The summed E-state index contributed by atoms with van der Waals surface area (Å²) in [4.78, 5) is 12.1. The Morgan fingerprint density at radius 2 is 2.24 bits per heavy atom. The molecular weight excluding hydrogens is 216 g/mol. The summed E-state index contributed by atoms with van der Waals surface area (Å²) < 4.78 is 0. The molecule has 3 atom stereocenters. The van der Waals surface area contributed by atoms with Crippen molar-refractivity contribution in [2.24, 2.45) is 11.8 Å². The highest BCUT2D eigenvalue weighted by Gasteiger charge is 2.29. The van der Waals surface area contributed by atoms with Crippen LogP contribution < -0.4 is 10.6 Å². The van der Waals surface area contributed by atoms with Crippen molar-refractivity contribution in [3.05, 3.63) is 0 Å². The second kappa shape index (κ2) is 6.97. The summed E-state index contributed by atoms with van der Waals surface area (Å²) in [6, 6.07) is 0.00659. The van der Waals surface area contributed by atoms with E-state index in [1.807, 2.05) is 0 Å². The van der Waals surface area contributed by atoms with Crippen molar-refractivity contribution in [3.8, 4) is 0 Å². The van der Waals surface area contributed by atoms with Crippen LogP contribution in [0, 0.1) is 11.8 Å². The molecule has 3 unspecified atom stereocenters. The van der Waals surface area contributed by atoms with E-state index in [-0.39, 0.29) is 24.6 Å². The van der Waals surface area contributed by atoms with Gasteiger partial charge in [0.2, 0.25) is 5.91 Å². The second-order valence-electron chi connectivity index (χ2n) is 5.42. The quantitative estimate of drug-likeness (QED) is 0.671. The number of amides is 1. The molecule has 3 N–H and O–H groups in total. The molecule has 4 nitrogen and oxygen atoms in total. The molecule has 0 aromatic heterocycles. The molecule has 0 saturated carbocycles. The minimum Gasteiger partial charge on any atom is -0.396 e. The van der Waals surface area contributed by atoms with Crippen LogP contribution in [-0.4, -0.2) is 36.2 Å². The van der Waals surface area contributed by atoms with Crippen LogP contribution in [0.4, 0.5) is 0 Å². The van der Waals surface area contributed by atoms with Gasteiger partial charge in [-0.1, -0.05) is 20.8 Å². The lowest BCUT2D eigenvalue weighted by Crippen LogP contribution is -2.54. The van der Waals surface area contributed by atoms with Crippen LogP contribution in [0.15, 0.2) is 0 Å². The van der Waals surface area contributed by atoms with Crippen molar-refractivity contribution in [1.82, 2.24) is 10.6 Å². The zero-order valence-corrected chi connectivity index (χ0v) is 11.2. The largest absolute Gasteiger partial charge is 0.396 e.